The van der Waals surface area contributed by atoms with Gasteiger partial charge in [-0.15, -0.1) is 0 Å². The van der Waals surface area contributed by atoms with Gasteiger partial charge in [0.1, 0.15) is 5.75 Å². The quantitative estimate of drug-likeness (QED) is 0.895. The van der Waals surface area contributed by atoms with Crippen LogP contribution in [0.25, 0.3) is 0 Å². The summed E-state index contributed by atoms with van der Waals surface area (Å²) in [5.74, 6) is -1.44. The fourth-order valence-electron chi connectivity index (χ4n) is 1.39. The largest absolute Gasteiger partial charge is 0.497 e. The highest BCUT2D eigenvalue weighted by molar-refractivity contribution is 5.97. The summed E-state index contributed by atoms with van der Waals surface area (Å²) in [7, 11) is 1.44. The normalized spacial score (nSPS) is 11.2. The molecule has 4 nitrogen and oxygen atoms in total. The van der Waals surface area contributed by atoms with Gasteiger partial charge < -0.3 is 15.4 Å². The Morgan fingerprint density at radius 2 is 1.89 bits per heavy atom. The first-order valence-electron chi connectivity index (χ1n) is 5.13. The number of rotatable bonds is 4. The van der Waals surface area contributed by atoms with E-state index in [9.17, 15) is 18.0 Å². The maximum atomic E-state index is 12.4. The van der Waals surface area contributed by atoms with E-state index in [2.05, 4.69) is 0 Å². The number of ether oxygens (including phenoxy) is 1. The van der Waals surface area contributed by atoms with E-state index in [1.165, 1.54) is 31.4 Å². The van der Waals surface area contributed by atoms with Gasteiger partial charge in [0.25, 0.3) is 0 Å². The average Bonchev–Trinajstić information content (AvgIpc) is 2.34. The third-order valence-corrected chi connectivity index (χ3v) is 2.22. The summed E-state index contributed by atoms with van der Waals surface area (Å²) in [6.45, 7) is -0.265. The number of methoxy groups -OCH3 is 1. The van der Waals surface area contributed by atoms with Gasteiger partial charge in [0, 0.05) is 18.8 Å². The minimum atomic E-state index is -4.92. The molecule has 0 aliphatic heterocycles. The van der Waals surface area contributed by atoms with E-state index in [0.717, 1.165) is 0 Å². The third kappa shape index (κ3) is 3.36. The third-order valence-electron chi connectivity index (χ3n) is 2.22. The Balaban J connectivity index is 3.00. The minimum Gasteiger partial charge on any atom is -0.497 e. The Hall–Kier alpha value is -1.76. The molecule has 0 fully saturated rings. The molecule has 0 heterocycles. The molecule has 7 heteroatoms. The van der Waals surface area contributed by atoms with Crippen molar-refractivity contribution in [1.82, 2.24) is 0 Å². The number of amides is 1. The fourth-order valence-corrected chi connectivity index (χ4v) is 1.39. The minimum absolute atomic E-state index is 0.0617. The highest BCUT2D eigenvalue weighted by Crippen LogP contribution is 2.25. The van der Waals surface area contributed by atoms with Gasteiger partial charge in [0.2, 0.25) is 0 Å². The Morgan fingerprint density at radius 1 is 1.33 bits per heavy atom. The van der Waals surface area contributed by atoms with Crippen molar-refractivity contribution in [2.45, 2.75) is 6.18 Å². The van der Waals surface area contributed by atoms with Crippen LogP contribution >= 0.6 is 0 Å². The Morgan fingerprint density at radius 3 is 2.28 bits per heavy atom. The van der Waals surface area contributed by atoms with Gasteiger partial charge in [-0.2, -0.15) is 13.2 Å². The number of hydrogen-bond acceptors (Lipinski definition) is 3. The molecule has 0 aliphatic rings. The van der Waals surface area contributed by atoms with E-state index in [4.69, 9.17) is 10.5 Å². The lowest BCUT2D eigenvalue weighted by Crippen LogP contribution is -2.43. The molecule has 0 saturated heterocycles. The van der Waals surface area contributed by atoms with Crippen LogP contribution in [0.1, 0.15) is 0 Å². The number of benzene rings is 1. The lowest BCUT2D eigenvalue weighted by Gasteiger charge is -2.23. The van der Waals surface area contributed by atoms with Gasteiger partial charge in [0.15, 0.2) is 0 Å². The monoisotopic (exact) mass is 262 g/mol. The molecule has 0 aromatic heterocycles. The summed E-state index contributed by atoms with van der Waals surface area (Å²) in [5, 5.41) is 0. The molecule has 18 heavy (non-hydrogen) atoms. The van der Waals surface area contributed by atoms with Crippen molar-refractivity contribution >= 4 is 11.6 Å². The molecule has 100 valence electrons. The Bertz CT molecular complexity index is 404. The van der Waals surface area contributed by atoms with Crippen LogP contribution in [0.15, 0.2) is 24.3 Å². The molecule has 0 bridgehead atoms. The van der Waals surface area contributed by atoms with Crippen LogP contribution in [-0.2, 0) is 4.79 Å². The first kappa shape index (κ1) is 14.3. The standard InChI is InChI=1S/C11H13F3N2O2/c1-18-9-4-2-8(3-5-9)16(7-6-15)10(17)11(12,13)14/h2-5H,6-7,15H2,1H3. The molecule has 0 spiro atoms. The van der Waals surface area contributed by atoms with E-state index >= 15 is 0 Å². The van der Waals surface area contributed by atoms with E-state index in [1.54, 1.807) is 0 Å². The van der Waals surface area contributed by atoms with Crippen LogP contribution < -0.4 is 15.4 Å². The van der Waals surface area contributed by atoms with Gasteiger partial charge >= 0.3 is 12.1 Å². The van der Waals surface area contributed by atoms with Gasteiger partial charge in [-0.3, -0.25) is 4.79 Å². The van der Waals surface area contributed by atoms with E-state index in [-0.39, 0.29) is 18.8 Å². The molecule has 0 saturated carbocycles. The van der Waals surface area contributed by atoms with Crippen molar-refractivity contribution in [2.75, 3.05) is 25.1 Å². The topological polar surface area (TPSA) is 55.6 Å². The number of hydrogen-bond donors (Lipinski definition) is 1. The summed E-state index contributed by atoms with van der Waals surface area (Å²) >= 11 is 0. The van der Waals surface area contributed by atoms with Crippen LogP contribution in [-0.4, -0.2) is 32.3 Å². The summed E-state index contributed by atoms with van der Waals surface area (Å²) in [6.07, 6.45) is -4.92. The fraction of sp³-hybridized carbons (Fsp3) is 0.364. The SMILES string of the molecule is COc1ccc(N(CCN)C(=O)C(F)(F)F)cc1. The predicted molar refractivity (Wildman–Crippen MR) is 60.5 cm³/mol. The maximum absolute atomic E-state index is 12.4. The van der Waals surface area contributed by atoms with Gasteiger partial charge in [-0.25, -0.2) is 0 Å². The molecule has 0 radical (unpaired) electrons. The number of carbonyl (C=O) groups is 1. The summed E-state index contributed by atoms with van der Waals surface area (Å²) < 4.78 is 42.1. The number of alkyl halides is 3. The Kier molecular flexibility index (Phi) is 4.55. The van der Waals surface area contributed by atoms with Crippen molar-refractivity contribution in [3.05, 3.63) is 24.3 Å². The second kappa shape index (κ2) is 5.72. The van der Waals surface area contributed by atoms with Gasteiger partial charge in [0.05, 0.1) is 7.11 Å². The van der Waals surface area contributed by atoms with Gasteiger partial charge in [-0.05, 0) is 24.3 Å². The van der Waals surface area contributed by atoms with Crippen molar-refractivity contribution in [1.29, 1.82) is 0 Å². The van der Waals surface area contributed by atoms with E-state index in [1.807, 2.05) is 0 Å². The number of nitrogens with two attached hydrogens (primary N) is 1. The lowest BCUT2D eigenvalue weighted by molar-refractivity contribution is -0.170. The second-order valence-electron chi connectivity index (χ2n) is 3.44. The molecular weight excluding hydrogens is 249 g/mol. The highest BCUT2D eigenvalue weighted by atomic mass is 19.4. The maximum Gasteiger partial charge on any atom is 0.471 e. The predicted octanol–water partition coefficient (Wildman–Crippen LogP) is 1.55. The Labute approximate surface area is 102 Å². The van der Waals surface area contributed by atoms with Crippen LogP contribution in [0.2, 0.25) is 0 Å². The summed E-state index contributed by atoms with van der Waals surface area (Å²) in [6, 6.07) is 5.70. The molecule has 0 aliphatic carbocycles. The summed E-state index contributed by atoms with van der Waals surface area (Å²) in [5.41, 5.74) is 5.35. The molecule has 1 aromatic carbocycles. The molecule has 1 aromatic rings. The van der Waals surface area contributed by atoms with Crippen molar-refractivity contribution < 1.29 is 22.7 Å². The van der Waals surface area contributed by atoms with Crippen LogP contribution in [0.5, 0.6) is 5.75 Å². The molecule has 1 rings (SSSR count). The van der Waals surface area contributed by atoms with E-state index in [0.29, 0.717) is 10.6 Å². The zero-order valence-corrected chi connectivity index (χ0v) is 9.70. The number of halogens is 3. The zero-order valence-electron chi connectivity index (χ0n) is 9.70. The van der Waals surface area contributed by atoms with Crippen molar-refractivity contribution in [3.8, 4) is 5.75 Å². The highest BCUT2D eigenvalue weighted by Gasteiger charge is 2.42. The average molecular weight is 262 g/mol. The smallest absolute Gasteiger partial charge is 0.471 e. The zero-order chi connectivity index (χ0) is 13.8. The number of nitrogens with zero attached hydrogens (tertiary/aromatic N) is 1. The lowest BCUT2D eigenvalue weighted by atomic mass is 10.2. The molecule has 1 amide bonds. The first-order valence-corrected chi connectivity index (χ1v) is 5.13. The van der Waals surface area contributed by atoms with Crippen LogP contribution in [0, 0.1) is 0 Å². The molecule has 0 atom stereocenters. The number of anilines is 1. The molecule has 0 unspecified atom stereocenters. The number of carbonyl (C=O) groups excluding carboxylic acids is 1. The van der Waals surface area contributed by atoms with Crippen LogP contribution in [0.4, 0.5) is 18.9 Å². The second-order valence-corrected chi connectivity index (χ2v) is 3.44. The van der Waals surface area contributed by atoms with Crippen molar-refractivity contribution in [3.63, 3.8) is 0 Å². The van der Waals surface area contributed by atoms with Gasteiger partial charge in [-0.1, -0.05) is 0 Å². The molecular formula is C11H13F3N2O2. The van der Waals surface area contributed by atoms with E-state index < -0.39 is 12.1 Å². The first-order chi connectivity index (χ1) is 8.40. The summed E-state index contributed by atoms with van der Waals surface area (Å²) in [4.78, 5) is 11.8. The molecule has 2 N–H and O–H groups in total. The van der Waals surface area contributed by atoms with Crippen LogP contribution in [0.3, 0.4) is 0 Å². The van der Waals surface area contributed by atoms with Crippen molar-refractivity contribution in [2.24, 2.45) is 5.73 Å².